The van der Waals surface area contributed by atoms with E-state index >= 15 is 0 Å². The Hall–Kier alpha value is -2.18. The molecular formula is C19H26FN3O3. The Balaban J connectivity index is 1.59. The van der Waals surface area contributed by atoms with Crippen LogP contribution in [0.4, 0.5) is 4.39 Å². The molecule has 26 heavy (non-hydrogen) atoms. The van der Waals surface area contributed by atoms with E-state index in [9.17, 15) is 14.0 Å². The van der Waals surface area contributed by atoms with E-state index < -0.39 is 5.91 Å². The van der Waals surface area contributed by atoms with Crippen LogP contribution in [0.3, 0.4) is 0 Å². The Morgan fingerprint density at radius 3 is 2.73 bits per heavy atom. The van der Waals surface area contributed by atoms with E-state index in [1.54, 1.807) is 12.1 Å². The molecule has 0 aromatic carbocycles. The van der Waals surface area contributed by atoms with Crippen LogP contribution < -0.4 is 10.5 Å². The molecule has 1 aromatic heterocycles. The highest BCUT2D eigenvalue weighted by molar-refractivity contribution is 5.93. The van der Waals surface area contributed by atoms with Crippen LogP contribution in [0.1, 0.15) is 49.0 Å². The van der Waals surface area contributed by atoms with Gasteiger partial charge in [-0.2, -0.15) is 0 Å². The summed E-state index contributed by atoms with van der Waals surface area (Å²) in [6, 6.07) is 3.33. The summed E-state index contributed by atoms with van der Waals surface area (Å²) in [5.74, 6) is -0.00502. The van der Waals surface area contributed by atoms with Gasteiger partial charge in [-0.15, -0.1) is 0 Å². The molecule has 2 fully saturated rings. The lowest BCUT2D eigenvalue weighted by Gasteiger charge is -2.32. The van der Waals surface area contributed by atoms with Crippen molar-refractivity contribution in [2.45, 2.75) is 44.6 Å². The quantitative estimate of drug-likeness (QED) is 0.840. The number of alkyl halides is 1. The highest BCUT2D eigenvalue weighted by Crippen LogP contribution is 2.32. The summed E-state index contributed by atoms with van der Waals surface area (Å²) < 4.78 is 18.5. The average molecular weight is 363 g/mol. The van der Waals surface area contributed by atoms with Crippen molar-refractivity contribution in [3.8, 4) is 5.75 Å². The summed E-state index contributed by atoms with van der Waals surface area (Å²) in [5.41, 5.74) is 5.43. The number of nitrogens with two attached hydrogens (primary N) is 1. The standard InChI is InChI=1S/C19H26FN3O3/c20-11-13-5-7-14(8-6-13)19(25)23-10-2-3-15(23)12-26-16-4-1-9-22-17(16)18(21)24/h1,4,9,13-15H,2-3,5-8,10-12H2,(H2,21,24)/t13-,14+,15-/m0/s1. The molecule has 2 N–H and O–H groups in total. The van der Waals surface area contributed by atoms with Crippen molar-refractivity contribution in [2.24, 2.45) is 17.6 Å². The first-order chi connectivity index (χ1) is 12.6. The minimum absolute atomic E-state index is 0.00188. The minimum atomic E-state index is -0.635. The molecule has 1 aliphatic heterocycles. The molecule has 1 aliphatic carbocycles. The molecule has 0 bridgehead atoms. The van der Waals surface area contributed by atoms with Gasteiger partial charge in [0.25, 0.3) is 5.91 Å². The molecule has 0 unspecified atom stereocenters. The fourth-order valence-electron chi connectivity index (χ4n) is 3.98. The fourth-order valence-corrected chi connectivity index (χ4v) is 3.98. The molecule has 7 heteroatoms. The van der Waals surface area contributed by atoms with Gasteiger partial charge in [0.15, 0.2) is 11.4 Å². The number of carbonyl (C=O) groups is 2. The van der Waals surface area contributed by atoms with Crippen LogP contribution in [0.25, 0.3) is 0 Å². The van der Waals surface area contributed by atoms with Crippen molar-refractivity contribution >= 4 is 11.8 Å². The van der Waals surface area contributed by atoms with E-state index in [1.807, 2.05) is 4.90 Å². The molecule has 2 aliphatic rings. The molecule has 6 nitrogen and oxygen atoms in total. The second-order valence-corrected chi connectivity index (χ2v) is 7.23. The van der Waals surface area contributed by atoms with Crippen molar-refractivity contribution in [1.82, 2.24) is 9.88 Å². The van der Waals surface area contributed by atoms with Gasteiger partial charge >= 0.3 is 0 Å². The molecule has 3 rings (SSSR count). The zero-order valence-corrected chi connectivity index (χ0v) is 14.9. The van der Waals surface area contributed by atoms with Gasteiger partial charge in [0.05, 0.1) is 12.7 Å². The van der Waals surface area contributed by atoms with Gasteiger partial charge in [0.1, 0.15) is 6.61 Å². The highest BCUT2D eigenvalue weighted by Gasteiger charge is 2.35. The van der Waals surface area contributed by atoms with Gasteiger partial charge in [-0.1, -0.05) is 0 Å². The smallest absolute Gasteiger partial charge is 0.271 e. The predicted octanol–water partition coefficient (Wildman–Crippen LogP) is 2.33. The van der Waals surface area contributed by atoms with Crippen molar-refractivity contribution < 1.29 is 18.7 Å². The van der Waals surface area contributed by atoms with Crippen LogP contribution in [0.5, 0.6) is 5.75 Å². The molecule has 142 valence electrons. The van der Waals surface area contributed by atoms with Crippen molar-refractivity contribution in [2.75, 3.05) is 19.8 Å². The van der Waals surface area contributed by atoms with Crippen LogP contribution in [-0.4, -0.2) is 47.6 Å². The Bertz CT molecular complexity index is 647. The predicted molar refractivity (Wildman–Crippen MR) is 94.4 cm³/mol. The summed E-state index contributed by atoms with van der Waals surface area (Å²) in [4.78, 5) is 30.2. The van der Waals surface area contributed by atoms with E-state index in [0.29, 0.717) is 12.4 Å². The molecule has 1 saturated heterocycles. The monoisotopic (exact) mass is 363 g/mol. The lowest BCUT2D eigenvalue weighted by molar-refractivity contribution is -0.138. The topological polar surface area (TPSA) is 85.5 Å². The lowest BCUT2D eigenvalue weighted by atomic mass is 9.82. The van der Waals surface area contributed by atoms with Gasteiger partial charge in [-0.3, -0.25) is 14.0 Å². The Morgan fingerprint density at radius 1 is 1.27 bits per heavy atom. The first-order valence-electron chi connectivity index (χ1n) is 9.34. The average Bonchev–Trinajstić information content (AvgIpc) is 3.14. The summed E-state index contributed by atoms with van der Waals surface area (Å²) in [6.07, 6.45) is 6.43. The second-order valence-electron chi connectivity index (χ2n) is 7.23. The summed E-state index contributed by atoms with van der Waals surface area (Å²) in [7, 11) is 0. The van der Waals surface area contributed by atoms with Crippen molar-refractivity contribution in [1.29, 1.82) is 0 Å². The number of hydrogen-bond donors (Lipinski definition) is 1. The number of pyridine rings is 1. The van der Waals surface area contributed by atoms with Gasteiger partial charge in [-0.05, 0) is 56.6 Å². The molecule has 0 radical (unpaired) electrons. The maximum atomic E-state index is 12.9. The normalized spacial score (nSPS) is 25.9. The van der Waals surface area contributed by atoms with Gasteiger partial charge in [-0.25, -0.2) is 4.98 Å². The van der Waals surface area contributed by atoms with E-state index in [1.165, 1.54) is 6.20 Å². The number of ether oxygens (including phenoxy) is 1. The number of rotatable bonds is 6. The van der Waals surface area contributed by atoms with E-state index in [2.05, 4.69) is 4.98 Å². The number of amides is 2. The van der Waals surface area contributed by atoms with Gasteiger partial charge in [0, 0.05) is 18.7 Å². The fraction of sp³-hybridized carbons (Fsp3) is 0.632. The highest BCUT2D eigenvalue weighted by atomic mass is 19.1. The summed E-state index contributed by atoms with van der Waals surface area (Å²) in [6.45, 7) is 0.761. The van der Waals surface area contributed by atoms with Gasteiger partial charge < -0.3 is 15.4 Å². The minimum Gasteiger partial charge on any atom is -0.489 e. The van der Waals surface area contributed by atoms with Crippen LogP contribution in [-0.2, 0) is 4.79 Å². The summed E-state index contributed by atoms with van der Waals surface area (Å²) >= 11 is 0. The maximum Gasteiger partial charge on any atom is 0.271 e. The number of nitrogens with zero attached hydrogens (tertiary/aromatic N) is 2. The lowest BCUT2D eigenvalue weighted by Crippen LogP contribution is -2.43. The SMILES string of the molecule is NC(=O)c1ncccc1OC[C@@H]1CCCN1C(=O)[C@H]1CC[C@@H](CF)CC1. The number of carbonyl (C=O) groups excluding carboxylic acids is 2. The van der Waals surface area contributed by atoms with Crippen LogP contribution in [0.15, 0.2) is 18.3 Å². The number of likely N-dealkylation sites (tertiary alicyclic amines) is 1. The third-order valence-corrected chi connectivity index (χ3v) is 5.51. The molecule has 2 amide bonds. The zero-order valence-electron chi connectivity index (χ0n) is 14.9. The Morgan fingerprint density at radius 2 is 2.04 bits per heavy atom. The van der Waals surface area contributed by atoms with Crippen LogP contribution >= 0.6 is 0 Å². The zero-order chi connectivity index (χ0) is 18.5. The molecule has 2 heterocycles. The largest absolute Gasteiger partial charge is 0.489 e. The number of primary amides is 1. The number of hydrogen-bond acceptors (Lipinski definition) is 4. The number of aromatic nitrogens is 1. The van der Waals surface area contributed by atoms with E-state index in [0.717, 1.165) is 45.1 Å². The third-order valence-electron chi connectivity index (χ3n) is 5.51. The summed E-state index contributed by atoms with van der Waals surface area (Å²) in [5, 5.41) is 0. The first kappa shape index (κ1) is 18.6. The van der Waals surface area contributed by atoms with Crippen LogP contribution in [0, 0.1) is 11.8 Å². The second kappa shape index (κ2) is 8.47. The first-order valence-corrected chi connectivity index (χ1v) is 9.34. The molecule has 1 saturated carbocycles. The van der Waals surface area contributed by atoms with Crippen LogP contribution in [0.2, 0.25) is 0 Å². The maximum absolute atomic E-state index is 12.9. The molecule has 1 atom stereocenters. The molecular weight excluding hydrogens is 337 g/mol. The van der Waals surface area contributed by atoms with E-state index in [4.69, 9.17) is 10.5 Å². The van der Waals surface area contributed by atoms with Crippen molar-refractivity contribution in [3.63, 3.8) is 0 Å². The van der Waals surface area contributed by atoms with E-state index in [-0.39, 0.29) is 36.2 Å². The van der Waals surface area contributed by atoms with Crippen molar-refractivity contribution in [3.05, 3.63) is 24.0 Å². The molecule has 1 aromatic rings. The molecule has 0 spiro atoms. The Labute approximate surface area is 152 Å². The Kier molecular flexibility index (Phi) is 6.06. The van der Waals surface area contributed by atoms with Gasteiger partial charge in [0.2, 0.25) is 5.91 Å². The number of halogens is 1. The third kappa shape index (κ3) is 4.14.